The van der Waals surface area contributed by atoms with Crippen molar-refractivity contribution in [3.8, 4) is 0 Å². The number of amides is 1. The van der Waals surface area contributed by atoms with Gasteiger partial charge in [-0.25, -0.2) is 13.8 Å². The van der Waals surface area contributed by atoms with E-state index in [9.17, 15) is 13.6 Å². The van der Waals surface area contributed by atoms with E-state index in [2.05, 4.69) is 15.6 Å². The summed E-state index contributed by atoms with van der Waals surface area (Å²) in [6.07, 6.45) is 1.43. The van der Waals surface area contributed by atoms with Crippen LogP contribution >= 0.6 is 11.6 Å². The molecule has 1 amide bonds. The number of carbonyl (C=O) groups excluding carboxylic acids is 1. The molecular formula is C13H10ClF2N3O. The summed E-state index contributed by atoms with van der Waals surface area (Å²) in [4.78, 5) is 15.9. The van der Waals surface area contributed by atoms with Gasteiger partial charge in [0.2, 0.25) is 0 Å². The van der Waals surface area contributed by atoms with E-state index in [1.807, 2.05) is 0 Å². The number of hydrogen-bond acceptors (Lipinski definition) is 3. The minimum absolute atomic E-state index is 0.209. The number of pyridine rings is 1. The summed E-state index contributed by atoms with van der Waals surface area (Å²) in [5.74, 6) is -1.84. The average Bonchev–Trinajstić information content (AvgIpc) is 2.42. The zero-order valence-electron chi connectivity index (χ0n) is 10.4. The minimum atomic E-state index is -0.939. The molecule has 104 valence electrons. The Labute approximate surface area is 118 Å². The van der Waals surface area contributed by atoms with Crippen molar-refractivity contribution in [2.24, 2.45) is 0 Å². The highest BCUT2D eigenvalue weighted by atomic mass is 35.5. The van der Waals surface area contributed by atoms with Gasteiger partial charge in [0.15, 0.2) is 5.82 Å². The van der Waals surface area contributed by atoms with Gasteiger partial charge in [-0.2, -0.15) is 0 Å². The van der Waals surface area contributed by atoms with Gasteiger partial charge in [0.25, 0.3) is 5.91 Å². The summed E-state index contributed by atoms with van der Waals surface area (Å²) >= 11 is 5.71. The Bertz CT molecular complexity index is 641. The lowest BCUT2D eigenvalue weighted by Gasteiger charge is -2.09. The number of nitrogens with one attached hydrogen (secondary N) is 2. The zero-order chi connectivity index (χ0) is 14.7. The third-order valence-electron chi connectivity index (χ3n) is 2.52. The van der Waals surface area contributed by atoms with Gasteiger partial charge >= 0.3 is 0 Å². The standard InChI is InChI=1S/C13H10ClF2N3O/c1-17-11-4-7(2-3-18-11)13(20)19-12-9(14)5-8(15)6-10(12)16/h2-6H,1H3,(H,17,18)(H,19,20). The van der Waals surface area contributed by atoms with Crippen molar-refractivity contribution in [2.75, 3.05) is 17.7 Å². The van der Waals surface area contributed by atoms with E-state index in [4.69, 9.17) is 11.6 Å². The van der Waals surface area contributed by atoms with Crippen LogP contribution in [0.25, 0.3) is 0 Å². The molecule has 0 aliphatic carbocycles. The predicted molar refractivity (Wildman–Crippen MR) is 73.1 cm³/mol. The molecule has 1 aromatic heterocycles. The Morgan fingerprint density at radius 2 is 2.05 bits per heavy atom. The number of nitrogens with zero attached hydrogens (tertiary/aromatic N) is 1. The van der Waals surface area contributed by atoms with Crippen LogP contribution in [0.15, 0.2) is 30.5 Å². The highest BCUT2D eigenvalue weighted by Gasteiger charge is 2.14. The van der Waals surface area contributed by atoms with Gasteiger partial charge in [0.1, 0.15) is 11.6 Å². The van der Waals surface area contributed by atoms with Gasteiger partial charge in [-0.05, 0) is 18.2 Å². The first kappa shape index (κ1) is 14.2. The molecule has 0 spiro atoms. The lowest BCUT2D eigenvalue weighted by Crippen LogP contribution is -2.14. The molecule has 2 rings (SSSR count). The molecule has 0 saturated carbocycles. The Hall–Kier alpha value is -2.21. The number of carbonyl (C=O) groups is 1. The van der Waals surface area contributed by atoms with Gasteiger partial charge in [-0.3, -0.25) is 4.79 Å². The van der Waals surface area contributed by atoms with E-state index >= 15 is 0 Å². The van der Waals surface area contributed by atoms with E-state index in [0.717, 1.165) is 6.07 Å². The molecule has 0 fully saturated rings. The SMILES string of the molecule is CNc1cc(C(=O)Nc2c(F)cc(F)cc2Cl)ccn1. The number of anilines is 2. The van der Waals surface area contributed by atoms with Crippen LogP contribution in [0.1, 0.15) is 10.4 Å². The second-order valence-electron chi connectivity index (χ2n) is 3.88. The van der Waals surface area contributed by atoms with Crippen LogP contribution in [0.2, 0.25) is 5.02 Å². The first-order valence-corrected chi connectivity index (χ1v) is 5.98. The van der Waals surface area contributed by atoms with Gasteiger partial charge in [0, 0.05) is 24.9 Å². The Morgan fingerprint density at radius 3 is 2.70 bits per heavy atom. The number of benzene rings is 1. The Balaban J connectivity index is 2.28. The van der Waals surface area contributed by atoms with Crippen LogP contribution in [-0.4, -0.2) is 17.9 Å². The van der Waals surface area contributed by atoms with Crippen molar-refractivity contribution in [1.82, 2.24) is 4.98 Å². The van der Waals surface area contributed by atoms with Crippen LogP contribution < -0.4 is 10.6 Å². The predicted octanol–water partition coefficient (Wildman–Crippen LogP) is 3.31. The fraction of sp³-hybridized carbons (Fsp3) is 0.0769. The molecule has 2 aromatic rings. The Kier molecular flexibility index (Phi) is 4.14. The molecule has 20 heavy (non-hydrogen) atoms. The van der Waals surface area contributed by atoms with Crippen LogP contribution in [0.5, 0.6) is 0 Å². The topological polar surface area (TPSA) is 54.0 Å². The van der Waals surface area contributed by atoms with E-state index in [1.54, 1.807) is 7.05 Å². The molecule has 0 saturated heterocycles. The van der Waals surface area contributed by atoms with E-state index in [-0.39, 0.29) is 16.3 Å². The molecule has 1 aromatic carbocycles. The monoisotopic (exact) mass is 297 g/mol. The molecule has 0 aliphatic heterocycles. The summed E-state index contributed by atoms with van der Waals surface area (Å²) in [6.45, 7) is 0. The molecule has 7 heteroatoms. The second-order valence-corrected chi connectivity index (χ2v) is 4.29. The quantitative estimate of drug-likeness (QED) is 0.914. The van der Waals surface area contributed by atoms with Gasteiger partial charge < -0.3 is 10.6 Å². The third kappa shape index (κ3) is 3.03. The van der Waals surface area contributed by atoms with Crippen LogP contribution in [-0.2, 0) is 0 Å². The van der Waals surface area contributed by atoms with Crippen LogP contribution in [0.4, 0.5) is 20.3 Å². The van der Waals surface area contributed by atoms with Gasteiger partial charge in [-0.15, -0.1) is 0 Å². The second kappa shape index (κ2) is 5.83. The van der Waals surface area contributed by atoms with Crippen molar-refractivity contribution >= 4 is 29.0 Å². The maximum absolute atomic E-state index is 13.6. The summed E-state index contributed by atoms with van der Waals surface area (Å²) in [5, 5.41) is 4.87. The number of halogens is 3. The van der Waals surface area contributed by atoms with Crippen molar-refractivity contribution in [3.63, 3.8) is 0 Å². The van der Waals surface area contributed by atoms with Crippen molar-refractivity contribution in [3.05, 3.63) is 52.7 Å². The highest BCUT2D eigenvalue weighted by Crippen LogP contribution is 2.26. The fourth-order valence-corrected chi connectivity index (χ4v) is 1.80. The van der Waals surface area contributed by atoms with Gasteiger partial charge in [0.05, 0.1) is 10.7 Å². The summed E-state index contributed by atoms with van der Waals surface area (Å²) < 4.78 is 26.5. The molecule has 0 radical (unpaired) electrons. The smallest absolute Gasteiger partial charge is 0.255 e. The van der Waals surface area contributed by atoms with Crippen LogP contribution in [0, 0.1) is 11.6 Å². The first-order chi connectivity index (χ1) is 9.51. The number of hydrogen-bond donors (Lipinski definition) is 2. The van der Waals surface area contributed by atoms with E-state index < -0.39 is 17.5 Å². The maximum Gasteiger partial charge on any atom is 0.255 e. The van der Waals surface area contributed by atoms with E-state index in [1.165, 1.54) is 18.3 Å². The molecule has 4 nitrogen and oxygen atoms in total. The molecule has 0 aliphatic rings. The molecule has 2 N–H and O–H groups in total. The van der Waals surface area contributed by atoms with Gasteiger partial charge in [-0.1, -0.05) is 11.6 Å². The maximum atomic E-state index is 13.6. The van der Waals surface area contributed by atoms with Crippen molar-refractivity contribution < 1.29 is 13.6 Å². The summed E-state index contributed by atoms with van der Waals surface area (Å²) in [6, 6.07) is 4.52. The van der Waals surface area contributed by atoms with Crippen molar-refractivity contribution in [1.29, 1.82) is 0 Å². The molecule has 0 atom stereocenters. The molecule has 1 heterocycles. The van der Waals surface area contributed by atoms with Crippen molar-refractivity contribution in [2.45, 2.75) is 0 Å². The average molecular weight is 298 g/mol. The lowest BCUT2D eigenvalue weighted by atomic mass is 10.2. The summed E-state index contributed by atoms with van der Waals surface area (Å²) in [7, 11) is 1.65. The Morgan fingerprint density at radius 1 is 1.30 bits per heavy atom. The van der Waals surface area contributed by atoms with Crippen LogP contribution in [0.3, 0.4) is 0 Å². The van der Waals surface area contributed by atoms with E-state index in [0.29, 0.717) is 11.9 Å². The fourth-order valence-electron chi connectivity index (χ4n) is 1.56. The highest BCUT2D eigenvalue weighted by molar-refractivity contribution is 6.34. The molecular weight excluding hydrogens is 288 g/mol. The largest absolute Gasteiger partial charge is 0.373 e. The lowest BCUT2D eigenvalue weighted by molar-refractivity contribution is 0.102. The number of aromatic nitrogens is 1. The first-order valence-electron chi connectivity index (χ1n) is 5.61. The zero-order valence-corrected chi connectivity index (χ0v) is 11.1. The third-order valence-corrected chi connectivity index (χ3v) is 2.82. The summed E-state index contributed by atoms with van der Waals surface area (Å²) in [5.41, 5.74) is 0.00466. The molecule has 0 unspecified atom stereocenters. The molecule has 0 bridgehead atoms. The minimum Gasteiger partial charge on any atom is -0.373 e. The number of rotatable bonds is 3. The normalized spacial score (nSPS) is 10.2.